The molecule has 0 heterocycles. The lowest BCUT2D eigenvalue weighted by Crippen LogP contribution is -2.31. The van der Waals surface area contributed by atoms with E-state index in [-0.39, 0.29) is 18.6 Å². The van der Waals surface area contributed by atoms with Gasteiger partial charge in [0, 0.05) is 5.02 Å². The summed E-state index contributed by atoms with van der Waals surface area (Å²) < 4.78 is 10.6. The van der Waals surface area contributed by atoms with Gasteiger partial charge in [-0.1, -0.05) is 37.6 Å². The van der Waals surface area contributed by atoms with E-state index >= 15 is 0 Å². The van der Waals surface area contributed by atoms with Crippen molar-refractivity contribution in [2.75, 3.05) is 13.2 Å². The molecular formula is C21H24ClNO4. The Morgan fingerprint density at radius 1 is 1.07 bits per heavy atom. The minimum absolute atomic E-state index is 0.243. The van der Waals surface area contributed by atoms with Gasteiger partial charge in [0.25, 0.3) is 5.91 Å². The Balaban J connectivity index is 1.81. The van der Waals surface area contributed by atoms with Crippen molar-refractivity contribution >= 4 is 23.5 Å². The number of hydrogen-bond donors (Lipinski definition) is 1. The van der Waals surface area contributed by atoms with Crippen LogP contribution in [0.1, 0.15) is 42.7 Å². The number of halogens is 1. The van der Waals surface area contributed by atoms with Crippen LogP contribution in [0.4, 0.5) is 0 Å². The summed E-state index contributed by atoms with van der Waals surface area (Å²) in [5.74, 6) is 0.166. The van der Waals surface area contributed by atoms with Gasteiger partial charge >= 0.3 is 5.97 Å². The van der Waals surface area contributed by atoms with Crippen LogP contribution in [-0.2, 0) is 9.53 Å². The molecule has 1 N–H and O–H groups in total. The molecule has 2 rings (SSSR count). The van der Waals surface area contributed by atoms with Gasteiger partial charge in [0.2, 0.25) is 0 Å². The number of ether oxygens (including phenoxy) is 2. The van der Waals surface area contributed by atoms with E-state index in [1.54, 1.807) is 36.4 Å². The third-order valence-electron chi connectivity index (χ3n) is 3.73. The van der Waals surface area contributed by atoms with Crippen LogP contribution in [0.2, 0.25) is 5.02 Å². The maximum Gasteiger partial charge on any atom is 0.338 e. The summed E-state index contributed by atoms with van der Waals surface area (Å²) >= 11 is 5.95. The fourth-order valence-corrected chi connectivity index (χ4v) is 2.51. The zero-order valence-electron chi connectivity index (χ0n) is 15.7. The number of amides is 1. The first-order valence-electron chi connectivity index (χ1n) is 8.80. The van der Waals surface area contributed by atoms with E-state index in [2.05, 4.69) is 19.2 Å². The molecule has 0 unspecified atom stereocenters. The molecule has 0 spiro atoms. The highest BCUT2D eigenvalue weighted by Crippen LogP contribution is 2.17. The Hall–Kier alpha value is -2.53. The van der Waals surface area contributed by atoms with E-state index in [0.717, 1.165) is 5.56 Å². The van der Waals surface area contributed by atoms with Gasteiger partial charge in [0.15, 0.2) is 6.61 Å². The number of carbonyl (C=O) groups is 2. The summed E-state index contributed by atoms with van der Waals surface area (Å²) in [6.45, 7) is 6.21. The van der Waals surface area contributed by atoms with E-state index in [9.17, 15) is 9.59 Å². The second-order valence-corrected chi connectivity index (χ2v) is 7.09. The quantitative estimate of drug-likeness (QED) is 0.679. The zero-order chi connectivity index (χ0) is 19.8. The topological polar surface area (TPSA) is 64.6 Å². The van der Waals surface area contributed by atoms with E-state index in [1.807, 2.05) is 19.1 Å². The lowest BCUT2D eigenvalue weighted by atomic mass is 10.1. The summed E-state index contributed by atoms with van der Waals surface area (Å²) in [4.78, 5) is 24.1. The van der Waals surface area contributed by atoms with E-state index < -0.39 is 5.97 Å². The van der Waals surface area contributed by atoms with Crippen molar-refractivity contribution in [1.82, 2.24) is 5.32 Å². The summed E-state index contributed by atoms with van der Waals surface area (Å²) in [7, 11) is 0. The first-order valence-corrected chi connectivity index (χ1v) is 9.17. The molecule has 2 aromatic carbocycles. The number of hydrogen-bond acceptors (Lipinski definition) is 4. The minimum atomic E-state index is -0.559. The Labute approximate surface area is 164 Å². The van der Waals surface area contributed by atoms with Crippen molar-refractivity contribution in [3.8, 4) is 5.75 Å². The van der Waals surface area contributed by atoms with Crippen LogP contribution in [0.15, 0.2) is 48.5 Å². The number of rotatable bonds is 8. The molecule has 27 heavy (non-hydrogen) atoms. The second-order valence-electron chi connectivity index (χ2n) is 6.65. The number of benzene rings is 2. The third kappa shape index (κ3) is 6.94. The third-order valence-corrected chi connectivity index (χ3v) is 3.97. The predicted molar refractivity (Wildman–Crippen MR) is 105 cm³/mol. The molecule has 0 saturated carbocycles. The summed E-state index contributed by atoms with van der Waals surface area (Å²) in [5.41, 5.74) is 1.24. The van der Waals surface area contributed by atoms with Crippen LogP contribution < -0.4 is 10.1 Å². The molecule has 6 heteroatoms. The maximum absolute atomic E-state index is 12.1. The molecule has 144 valence electrons. The number of esters is 1. The molecule has 1 atom stereocenters. The zero-order valence-corrected chi connectivity index (χ0v) is 16.5. The van der Waals surface area contributed by atoms with Crippen LogP contribution >= 0.6 is 11.6 Å². The largest absolute Gasteiger partial charge is 0.493 e. The lowest BCUT2D eigenvalue weighted by Gasteiger charge is -2.14. The lowest BCUT2D eigenvalue weighted by molar-refractivity contribution is -0.124. The first-order chi connectivity index (χ1) is 12.8. The molecule has 1 amide bonds. The van der Waals surface area contributed by atoms with Crippen LogP contribution in [-0.4, -0.2) is 25.1 Å². The highest BCUT2D eigenvalue weighted by atomic mass is 35.5. The number of carbonyl (C=O) groups excluding carboxylic acids is 2. The molecule has 5 nitrogen and oxygen atoms in total. The van der Waals surface area contributed by atoms with Crippen molar-refractivity contribution in [2.45, 2.75) is 26.8 Å². The molecular weight excluding hydrogens is 366 g/mol. The predicted octanol–water partition coefficient (Wildman–Crippen LogP) is 4.41. The van der Waals surface area contributed by atoms with E-state index in [1.165, 1.54) is 0 Å². The molecule has 0 aromatic heterocycles. The first kappa shape index (κ1) is 20.8. The van der Waals surface area contributed by atoms with Gasteiger partial charge in [-0.3, -0.25) is 4.79 Å². The Morgan fingerprint density at radius 2 is 1.78 bits per heavy atom. The molecule has 0 radical (unpaired) electrons. The second kappa shape index (κ2) is 9.97. The monoisotopic (exact) mass is 389 g/mol. The van der Waals surface area contributed by atoms with Gasteiger partial charge in [0.1, 0.15) is 5.75 Å². The normalized spacial score (nSPS) is 11.7. The maximum atomic E-state index is 12.1. The molecule has 0 fully saturated rings. The number of nitrogens with one attached hydrogen (secondary N) is 1. The average molecular weight is 390 g/mol. The van der Waals surface area contributed by atoms with Gasteiger partial charge in [-0.2, -0.15) is 0 Å². The Bertz CT molecular complexity index is 774. The van der Waals surface area contributed by atoms with Crippen LogP contribution in [0.3, 0.4) is 0 Å². The van der Waals surface area contributed by atoms with Gasteiger partial charge in [-0.15, -0.1) is 0 Å². The molecule has 0 saturated heterocycles. The Morgan fingerprint density at radius 3 is 2.41 bits per heavy atom. The molecule has 0 bridgehead atoms. The van der Waals surface area contributed by atoms with Crippen molar-refractivity contribution < 1.29 is 19.1 Å². The average Bonchev–Trinajstić information content (AvgIpc) is 2.64. The van der Waals surface area contributed by atoms with Crippen molar-refractivity contribution in [1.29, 1.82) is 0 Å². The van der Waals surface area contributed by atoms with Gasteiger partial charge in [-0.25, -0.2) is 4.79 Å². The molecule has 2 aromatic rings. The smallest absolute Gasteiger partial charge is 0.338 e. The van der Waals surface area contributed by atoms with Crippen molar-refractivity contribution in [2.24, 2.45) is 5.92 Å². The summed E-state index contributed by atoms with van der Waals surface area (Å²) in [6.07, 6.45) is 0. The fraction of sp³-hybridized carbons (Fsp3) is 0.333. The summed E-state index contributed by atoms with van der Waals surface area (Å²) in [6, 6.07) is 13.6. The van der Waals surface area contributed by atoms with E-state index in [0.29, 0.717) is 28.9 Å². The highest BCUT2D eigenvalue weighted by Gasteiger charge is 2.13. The van der Waals surface area contributed by atoms with Crippen molar-refractivity contribution in [3.05, 3.63) is 64.7 Å². The molecule has 0 aliphatic rings. The van der Waals surface area contributed by atoms with Crippen molar-refractivity contribution in [3.63, 3.8) is 0 Å². The molecule has 0 aliphatic heterocycles. The van der Waals surface area contributed by atoms with Crippen LogP contribution in [0.25, 0.3) is 0 Å². The standard InChI is InChI=1S/C21H24ClNO4/c1-14(2)12-26-19-9-7-16(8-10-19)21(25)27-13-20(24)23-15(3)17-5-4-6-18(22)11-17/h4-11,14-15H,12-13H2,1-3H3,(H,23,24)/t15-/m0/s1. The van der Waals surface area contributed by atoms with E-state index in [4.69, 9.17) is 21.1 Å². The minimum Gasteiger partial charge on any atom is -0.493 e. The summed E-state index contributed by atoms with van der Waals surface area (Å²) in [5, 5.41) is 3.37. The molecule has 0 aliphatic carbocycles. The van der Waals surface area contributed by atoms with Gasteiger partial charge in [0.05, 0.1) is 18.2 Å². The highest BCUT2D eigenvalue weighted by molar-refractivity contribution is 6.30. The SMILES string of the molecule is CC(C)COc1ccc(C(=O)OCC(=O)N[C@@H](C)c2cccc(Cl)c2)cc1. The van der Waals surface area contributed by atoms with Gasteiger partial charge in [-0.05, 0) is 54.8 Å². The van der Waals surface area contributed by atoms with Crippen LogP contribution in [0, 0.1) is 5.92 Å². The van der Waals surface area contributed by atoms with Gasteiger partial charge < -0.3 is 14.8 Å². The Kier molecular flexibility index (Phi) is 7.67. The fourth-order valence-electron chi connectivity index (χ4n) is 2.31. The van der Waals surface area contributed by atoms with Crippen LogP contribution in [0.5, 0.6) is 5.75 Å².